The van der Waals surface area contributed by atoms with Crippen LogP contribution in [-0.2, 0) is 11.3 Å². The topological polar surface area (TPSA) is 49.4 Å². The van der Waals surface area contributed by atoms with E-state index in [1.807, 2.05) is 35.0 Å². The molecule has 1 aromatic carbocycles. The van der Waals surface area contributed by atoms with Gasteiger partial charge in [-0.15, -0.1) is 0 Å². The second-order valence-corrected chi connectivity index (χ2v) is 6.49. The third-order valence-electron chi connectivity index (χ3n) is 2.94. The Balaban J connectivity index is 1.86. The quantitative estimate of drug-likeness (QED) is 0.766. The largest absolute Gasteiger partial charge is 0.343 e. The van der Waals surface area contributed by atoms with E-state index in [-0.39, 0.29) is 18.4 Å². The van der Waals surface area contributed by atoms with Crippen LogP contribution in [0, 0.1) is 3.57 Å². The number of rotatable bonds is 5. The molecule has 21 heavy (non-hydrogen) atoms. The molecule has 1 heterocycles. The Bertz CT molecular complexity index is 628. The second kappa shape index (κ2) is 7.56. The number of nitrogens with zero attached hydrogens (tertiary/aromatic N) is 1. The van der Waals surface area contributed by atoms with Crippen molar-refractivity contribution in [3.8, 4) is 0 Å². The maximum atomic E-state index is 12.0. The first-order chi connectivity index (χ1) is 10.1. The highest BCUT2D eigenvalue weighted by molar-refractivity contribution is 14.1. The summed E-state index contributed by atoms with van der Waals surface area (Å²) in [6, 6.07) is 9.27. The fraction of sp³-hybridized carbons (Fsp3) is 0.200. The van der Waals surface area contributed by atoms with E-state index in [1.54, 1.807) is 29.4 Å². The number of likely N-dealkylation sites (N-methyl/N-ethyl adjacent to an activating group) is 1. The van der Waals surface area contributed by atoms with Gasteiger partial charge in [0.25, 0.3) is 5.91 Å². The lowest BCUT2D eigenvalue weighted by Gasteiger charge is -2.17. The minimum Gasteiger partial charge on any atom is -0.343 e. The summed E-state index contributed by atoms with van der Waals surface area (Å²) in [6.45, 7) is 0.561. The first kappa shape index (κ1) is 16.0. The number of thiophene rings is 1. The summed E-state index contributed by atoms with van der Waals surface area (Å²) in [4.78, 5) is 25.6. The third kappa shape index (κ3) is 4.53. The molecule has 2 rings (SSSR count). The van der Waals surface area contributed by atoms with E-state index in [1.165, 1.54) is 0 Å². The lowest BCUT2D eigenvalue weighted by molar-refractivity contribution is -0.129. The maximum absolute atomic E-state index is 12.0. The number of hydrogen-bond donors (Lipinski definition) is 1. The van der Waals surface area contributed by atoms with Gasteiger partial charge in [0.2, 0.25) is 5.91 Å². The van der Waals surface area contributed by atoms with E-state index in [9.17, 15) is 9.59 Å². The monoisotopic (exact) mass is 414 g/mol. The van der Waals surface area contributed by atoms with E-state index in [0.29, 0.717) is 12.1 Å². The molecule has 1 aromatic heterocycles. The third-order valence-corrected chi connectivity index (χ3v) is 4.62. The molecule has 1 N–H and O–H groups in total. The summed E-state index contributed by atoms with van der Waals surface area (Å²) in [5, 5.41) is 6.66. The van der Waals surface area contributed by atoms with Crippen LogP contribution < -0.4 is 5.32 Å². The number of benzene rings is 1. The molecule has 2 aromatic rings. The van der Waals surface area contributed by atoms with Gasteiger partial charge in [-0.2, -0.15) is 11.3 Å². The number of amides is 2. The van der Waals surface area contributed by atoms with E-state index in [0.717, 1.165) is 9.13 Å². The SMILES string of the molecule is CN(Cc1ccsc1)C(=O)CNC(=O)c1ccccc1I. The molecule has 0 bridgehead atoms. The molecule has 2 amide bonds. The summed E-state index contributed by atoms with van der Waals surface area (Å²) in [6.07, 6.45) is 0. The highest BCUT2D eigenvalue weighted by Crippen LogP contribution is 2.11. The van der Waals surface area contributed by atoms with E-state index < -0.39 is 0 Å². The van der Waals surface area contributed by atoms with Crippen molar-refractivity contribution in [3.05, 3.63) is 55.8 Å². The van der Waals surface area contributed by atoms with Crippen molar-refractivity contribution in [1.82, 2.24) is 10.2 Å². The number of carbonyl (C=O) groups is 2. The van der Waals surface area contributed by atoms with Crippen molar-refractivity contribution in [1.29, 1.82) is 0 Å². The molecule has 0 spiro atoms. The van der Waals surface area contributed by atoms with Gasteiger partial charge >= 0.3 is 0 Å². The van der Waals surface area contributed by atoms with Crippen LogP contribution in [0.3, 0.4) is 0 Å². The van der Waals surface area contributed by atoms with Gasteiger partial charge in [-0.1, -0.05) is 12.1 Å². The van der Waals surface area contributed by atoms with Crippen LogP contribution in [0.15, 0.2) is 41.1 Å². The van der Waals surface area contributed by atoms with Crippen LogP contribution >= 0.6 is 33.9 Å². The highest BCUT2D eigenvalue weighted by Gasteiger charge is 2.13. The second-order valence-electron chi connectivity index (χ2n) is 4.54. The van der Waals surface area contributed by atoms with Gasteiger partial charge < -0.3 is 10.2 Å². The van der Waals surface area contributed by atoms with Gasteiger partial charge in [0.15, 0.2) is 0 Å². The van der Waals surface area contributed by atoms with Crippen LogP contribution in [0.1, 0.15) is 15.9 Å². The zero-order valence-electron chi connectivity index (χ0n) is 11.5. The Morgan fingerprint density at radius 3 is 2.71 bits per heavy atom. The number of carbonyl (C=O) groups excluding carboxylic acids is 2. The Morgan fingerprint density at radius 2 is 2.05 bits per heavy atom. The van der Waals surface area contributed by atoms with Crippen LogP contribution in [0.2, 0.25) is 0 Å². The van der Waals surface area contributed by atoms with Crippen LogP contribution in [0.4, 0.5) is 0 Å². The zero-order chi connectivity index (χ0) is 15.2. The van der Waals surface area contributed by atoms with Gasteiger partial charge in [0, 0.05) is 17.2 Å². The van der Waals surface area contributed by atoms with E-state index in [4.69, 9.17) is 0 Å². The van der Waals surface area contributed by atoms with Crippen molar-refractivity contribution < 1.29 is 9.59 Å². The molecule has 0 aliphatic heterocycles. The predicted molar refractivity (Wildman–Crippen MR) is 92.3 cm³/mol. The van der Waals surface area contributed by atoms with Crippen molar-refractivity contribution >= 4 is 45.7 Å². The molecule has 0 atom stereocenters. The number of nitrogens with one attached hydrogen (secondary N) is 1. The summed E-state index contributed by atoms with van der Waals surface area (Å²) in [7, 11) is 1.73. The smallest absolute Gasteiger partial charge is 0.252 e. The Hall–Kier alpha value is -1.41. The molecule has 110 valence electrons. The molecule has 0 aliphatic rings. The Morgan fingerprint density at radius 1 is 1.29 bits per heavy atom. The summed E-state index contributed by atoms with van der Waals surface area (Å²) in [5.41, 5.74) is 1.69. The first-order valence-electron chi connectivity index (χ1n) is 6.35. The molecule has 0 saturated heterocycles. The zero-order valence-corrected chi connectivity index (χ0v) is 14.5. The van der Waals surface area contributed by atoms with Crippen molar-refractivity contribution in [2.24, 2.45) is 0 Å². The minimum absolute atomic E-state index is 0.00441. The van der Waals surface area contributed by atoms with Gasteiger partial charge in [-0.3, -0.25) is 9.59 Å². The average Bonchev–Trinajstić information content (AvgIpc) is 2.97. The highest BCUT2D eigenvalue weighted by atomic mass is 127. The van der Waals surface area contributed by atoms with E-state index in [2.05, 4.69) is 27.9 Å². The molecular formula is C15H15IN2O2S. The van der Waals surface area contributed by atoms with Gasteiger partial charge in [-0.25, -0.2) is 0 Å². The summed E-state index contributed by atoms with van der Waals surface area (Å²) in [5.74, 6) is -0.335. The fourth-order valence-electron chi connectivity index (χ4n) is 1.78. The standard InChI is InChI=1S/C15H15IN2O2S/c1-18(9-11-6-7-21-10-11)14(19)8-17-15(20)12-4-2-3-5-13(12)16/h2-7,10H,8-9H2,1H3,(H,17,20). The lowest BCUT2D eigenvalue weighted by atomic mass is 10.2. The van der Waals surface area contributed by atoms with Gasteiger partial charge in [0.05, 0.1) is 12.1 Å². The lowest BCUT2D eigenvalue weighted by Crippen LogP contribution is -2.37. The average molecular weight is 414 g/mol. The molecular weight excluding hydrogens is 399 g/mol. The predicted octanol–water partition coefficient (Wildman–Crippen LogP) is 2.74. The van der Waals surface area contributed by atoms with Gasteiger partial charge in [-0.05, 0) is 57.1 Å². The van der Waals surface area contributed by atoms with Crippen LogP contribution in [0.5, 0.6) is 0 Å². The first-order valence-corrected chi connectivity index (χ1v) is 8.38. The normalized spacial score (nSPS) is 10.2. The summed E-state index contributed by atoms with van der Waals surface area (Å²) >= 11 is 3.71. The van der Waals surface area contributed by atoms with Crippen molar-refractivity contribution in [3.63, 3.8) is 0 Å². The molecule has 0 saturated carbocycles. The van der Waals surface area contributed by atoms with Crippen molar-refractivity contribution in [2.45, 2.75) is 6.54 Å². The molecule has 0 radical (unpaired) electrons. The van der Waals surface area contributed by atoms with Crippen LogP contribution in [-0.4, -0.2) is 30.3 Å². The minimum atomic E-state index is -0.225. The molecule has 0 aliphatic carbocycles. The van der Waals surface area contributed by atoms with Crippen molar-refractivity contribution in [2.75, 3.05) is 13.6 Å². The Kier molecular flexibility index (Phi) is 5.75. The molecule has 6 heteroatoms. The van der Waals surface area contributed by atoms with Gasteiger partial charge in [0.1, 0.15) is 0 Å². The number of halogens is 1. The number of hydrogen-bond acceptors (Lipinski definition) is 3. The molecule has 0 fully saturated rings. The van der Waals surface area contributed by atoms with Crippen LogP contribution in [0.25, 0.3) is 0 Å². The Labute approximate surface area is 141 Å². The molecule has 4 nitrogen and oxygen atoms in total. The molecule has 0 unspecified atom stereocenters. The van der Waals surface area contributed by atoms with E-state index >= 15 is 0 Å². The fourth-order valence-corrected chi connectivity index (χ4v) is 3.07. The summed E-state index contributed by atoms with van der Waals surface area (Å²) < 4.78 is 0.867. The maximum Gasteiger partial charge on any atom is 0.252 e.